The van der Waals surface area contributed by atoms with E-state index in [1.165, 1.54) is 12.1 Å². The number of hydrogen-bond acceptors (Lipinski definition) is 5. The topological polar surface area (TPSA) is 60.2 Å². The first-order chi connectivity index (χ1) is 10.3. The van der Waals surface area contributed by atoms with Crippen LogP contribution in [-0.4, -0.2) is 23.2 Å². The first-order valence-corrected chi connectivity index (χ1v) is 7.21. The van der Waals surface area contributed by atoms with Crippen LogP contribution in [0.4, 0.5) is 4.39 Å². The molecule has 2 aliphatic rings. The van der Waals surface area contributed by atoms with Crippen molar-refractivity contribution in [3.05, 3.63) is 41.8 Å². The molecule has 1 aromatic heterocycles. The van der Waals surface area contributed by atoms with Gasteiger partial charge in [0.25, 0.3) is 0 Å². The van der Waals surface area contributed by atoms with Gasteiger partial charge in [0.1, 0.15) is 11.6 Å². The summed E-state index contributed by atoms with van der Waals surface area (Å²) in [5.74, 6) is 3.11. The third-order valence-corrected chi connectivity index (χ3v) is 4.43. The smallest absolute Gasteiger partial charge is 0.230 e. The average molecular weight is 289 g/mol. The summed E-state index contributed by atoms with van der Waals surface area (Å²) < 4.78 is 23.9. The quantitative estimate of drug-likeness (QED) is 0.934. The molecule has 0 radical (unpaired) electrons. The van der Waals surface area contributed by atoms with Gasteiger partial charge in [-0.2, -0.15) is 4.98 Å². The number of aromatic nitrogens is 2. The van der Waals surface area contributed by atoms with Crippen molar-refractivity contribution >= 4 is 0 Å². The van der Waals surface area contributed by atoms with Crippen LogP contribution < -0.4 is 10.1 Å². The molecule has 4 rings (SSSR count). The number of benzene rings is 1. The van der Waals surface area contributed by atoms with Gasteiger partial charge in [0, 0.05) is 12.0 Å². The number of nitrogens with one attached hydrogen (secondary N) is 1. The molecule has 5 nitrogen and oxygen atoms in total. The summed E-state index contributed by atoms with van der Waals surface area (Å²) in [6, 6.07) is 6.02. The lowest BCUT2D eigenvalue weighted by molar-refractivity contribution is 0.152. The van der Waals surface area contributed by atoms with E-state index in [0.717, 1.165) is 25.4 Å². The first-order valence-electron chi connectivity index (χ1n) is 7.21. The summed E-state index contributed by atoms with van der Waals surface area (Å²) in [5, 5.41) is 7.34. The van der Waals surface area contributed by atoms with Gasteiger partial charge in [0.2, 0.25) is 11.7 Å². The Morgan fingerprint density at radius 2 is 2.33 bits per heavy atom. The van der Waals surface area contributed by atoms with Crippen molar-refractivity contribution in [1.29, 1.82) is 0 Å². The maximum absolute atomic E-state index is 13.0. The van der Waals surface area contributed by atoms with Crippen LogP contribution in [-0.2, 0) is 6.61 Å². The standard InChI is InChI=1S/C15H16FN3O2/c16-10-2-1-3-11(5-10)20-8-14-18-15(21-19-14)12-4-9-6-17-7-13(9)12/h1-3,5,9,12-13,17H,4,6-8H2/t9-,12+,13+/m0/s1. The van der Waals surface area contributed by atoms with Crippen molar-refractivity contribution in [1.82, 2.24) is 15.5 Å². The fraction of sp³-hybridized carbons (Fsp3) is 0.467. The highest BCUT2D eigenvalue weighted by Gasteiger charge is 2.47. The first kappa shape index (κ1) is 12.8. The number of nitrogens with zero attached hydrogens (tertiary/aromatic N) is 2. The fourth-order valence-electron chi connectivity index (χ4n) is 3.25. The zero-order valence-corrected chi connectivity index (χ0v) is 11.5. The fourth-order valence-corrected chi connectivity index (χ4v) is 3.25. The number of fused-ring (bicyclic) bond motifs is 1. The molecule has 2 aromatic rings. The maximum Gasteiger partial charge on any atom is 0.230 e. The highest BCUT2D eigenvalue weighted by Crippen LogP contribution is 2.48. The number of ether oxygens (including phenoxy) is 1. The van der Waals surface area contributed by atoms with Crippen LogP contribution in [0.25, 0.3) is 0 Å². The van der Waals surface area contributed by atoms with Crippen molar-refractivity contribution in [3.8, 4) is 5.75 Å². The minimum absolute atomic E-state index is 0.187. The Bertz CT molecular complexity index is 645. The Balaban J connectivity index is 1.39. The lowest BCUT2D eigenvalue weighted by Crippen LogP contribution is -2.33. The minimum Gasteiger partial charge on any atom is -0.485 e. The van der Waals surface area contributed by atoms with E-state index >= 15 is 0 Å². The van der Waals surface area contributed by atoms with E-state index in [-0.39, 0.29) is 12.4 Å². The van der Waals surface area contributed by atoms with E-state index < -0.39 is 0 Å². The molecule has 1 N–H and O–H groups in total. The van der Waals surface area contributed by atoms with Gasteiger partial charge in [-0.15, -0.1) is 0 Å². The Morgan fingerprint density at radius 3 is 3.19 bits per heavy atom. The highest BCUT2D eigenvalue weighted by molar-refractivity contribution is 5.22. The van der Waals surface area contributed by atoms with Crippen molar-refractivity contribution < 1.29 is 13.7 Å². The third kappa shape index (κ3) is 2.40. The summed E-state index contributed by atoms with van der Waals surface area (Å²) in [6.45, 7) is 2.32. The zero-order chi connectivity index (χ0) is 14.2. The Morgan fingerprint density at radius 1 is 1.38 bits per heavy atom. The predicted molar refractivity (Wildman–Crippen MR) is 72.2 cm³/mol. The minimum atomic E-state index is -0.324. The van der Waals surface area contributed by atoms with Crippen molar-refractivity contribution in [2.45, 2.75) is 18.9 Å². The van der Waals surface area contributed by atoms with Crippen molar-refractivity contribution in [3.63, 3.8) is 0 Å². The summed E-state index contributed by atoms with van der Waals surface area (Å²) in [7, 11) is 0. The molecule has 2 heterocycles. The van der Waals surface area contributed by atoms with Crippen LogP contribution in [0.1, 0.15) is 24.1 Å². The lowest BCUT2D eigenvalue weighted by Gasteiger charge is -2.36. The summed E-state index contributed by atoms with van der Waals surface area (Å²) >= 11 is 0. The second-order valence-corrected chi connectivity index (χ2v) is 5.72. The molecule has 2 fully saturated rings. The number of halogens is 1. The second-order valence-electron chi connectivity index (χ2n) is 5.72. The molecular formula is C15H16FN3O2. The second kappa shape index (κ2) is 5.11. The molecule has 21 heavy (non-hydrogen) atoms. The summed E-state index contributed by atoms with van der Waals surface area (Å²) in [4.78, 5) is 4.41. The Kier molecular flexibility index (Phi) is 3.11. The van der Waals surface area contributed by atoms with E-state index in [2.05, 4.69) is 15.5 Å². The normalized spacial score (nSPS) is 27.2. The van der Waals surface area contributed by atoms with Gasteiger partial charge >= 0.3 is 0 Å². The van der Waals surface area contributed by atoms with E-state index in [1.54, 1.807) is 12.1 Å². The van der Waals surface area contributed by atoms with Crippen LogP contribution in [0.2, 0.25) is 0 Å². The largest absolute Gasteiger partial charge is 0.485 e. The Hall–Kier alpha value is -1.95. The number of hydrogen-bond donors (Lipinski definition) is 1. The molecule has 3 atom stereocenters. The van der Waals surface area contributed by atoms with Crippen LogP contribution in [0.15, 0.2) is 28.8 Å². The van der Waals surface area contributed by atoms with Gasteiger partial charge < -0.3 is 14.6 Å². The SMILES string of the molecule is Fc1cccc(OCc2noc([C@@H]3C[C@H]4CNC[C@H]43)n2)c1. The lowest BCUT2D eigenvalue weighted by atomic mass is 9.66. The van der Waals surface area contributed by atoms with Crippen LogP contribution in [0.3, 0.4) is 0 Å². The molecule has 6 heteroatoms. The molecule has 0 unspecified atom stereocenters. The monoisotopic (exact) mass is 289 g/mol. The van der Waals surface area contributed by atoms with Gasteiger partial charge in [0.05, 0.1) is 0 Å². The van der Waals surface area contributed by atoms with E-state index in [9.17, 15) is 4.39 Å². The molecule has 1 saturated carbocycles. The van der Waals surface area contributed by atoms with Gasteiger partial charge in [0.15, 0.2) is 6.61 Å². The van der Waals surface area contributed by atoms with Crippen LogP contribution in [0, 0.1) is 17.7 Å². The molecule has 0 bridgehead atoms. The average Bonchev–Trinajstić information content (AvgIpc) is 3.05. The van der Waals surface area contributed by atoms with Gasteiger partial charge in [-0.1, -0.05) is 11.2 Å². The van der Waals surface area contributed by atoms with Gasteiger partial charge in [-0.05, 0) is 43.5 Å². The molecule has 1 saturated heterocycles. The van der Waals surface area contributed by atoms with Gasteiger partial charge in [-0.25, -0.2) is 4.39 Å². The molecule has 0 spiro atoms. The zero-order valence-electron chi connectivity index (χ0n) is 11.5. The van der Waals surface area contributed by atoms with E-state index in [1.807, 2.05) is 0 Å². The van der Waals surface area contributed by atoms with Gasteiger partial charge in [-0.3, -0.25) is 0 Å². The molecule has 1 aromatic carbocycles. The highest BCUT2D eigenvalue weighted by atomic mass is 19.1. The van der Waals surface area contributed by atoms with Crippen molar-refractivity contribution in [2.24, 2.45) is 11.8 Å². The predicted octanol–water partition coefficient (Wildman–Crippen LogP) is 2.11. The van der Waals surface area contributed by atoms with E-state index in [0.29, 0.717) is 29.3 Å². The molecule has 1 aliphatic heterocycles. The number of rotatable bonds is 4. The van der Waals surface area contributed by atoms with Crippen LogP contribution >= 0.6 is 0 Å². The molecule has 0 amide bonds. The molecule has 110 valence electrons. The molecular weight excluding hydrogens is 273 g/mol. The van der Waals surface area contributed by atoms with E-state index in [4.69, 9.17) is 9.26 Å². The van der Waals surface area contributed by atoms with Crippen molar-refractivity contribution in [2.75, 3.05) is 13.1 Å². The third-order valence-electron chi connectivity index (χ3n) is 4.43. The Labute approximate surface area is 121 Å². The molecule has 1 aliphatic carbocycles. The summed E-state index contributed by atoms with van der Waals surface area (Å²) in [6.07, 6.45) is 1.12. The van der Waals surface area contributed by atoms with Crippen LogP contribution in [0.5, 0.6) is 5.75 Å². The maximum atomic E-state index is 13.0. The summed E-state index contributed by atoms with van der Waals surface area (Å²) in [5.41, 5.74) is 0.